The summed E-state index contributed by atoms with van der Waals surface area (Å²) in [5.74, 6) is 0. The monoisotopic (exact) mass is 247 g/mol. The standard InChI is InChI=1S/C13H17N3O2/c14-9-4-5-11-12(7-9)18-13(15-11)16-6-2-1-3-10(16)8-17/h4-5,7,10,17H,1-3,6,8,14H2. The molecule has 3 rings (SSSR count). The molecule has 0 bridgehead atoms. The minimum absolute atomic E-state index is 0.115. The Kier molecular flexibility index (Phi) is 2.83. The van der Waals surface area contributed by atoms with Crippen molar-refractivity contribution in [3.63, 3.8) is 0 Å². The van der Waals surface area contributed by atoms with E-state index in [1.54, 1.807) is 6.07 Å². The third-order valence-corrected chi connectivity index (χ3v) is 3.48. The van der Waals surface area contributed by atoms with E-state index < -0.39 is 0 Å². The lowest BCUT2D eigenvalue weighted by Gasteiger charge is -2.33. The van der Waals surface area contributed by atoms with Gasteiger partial charge in [0.15, 0.2) is 5.58 Å². The number of nitrogens with two attached hydrogens (primary N) is 1. The van der Waals surface area contributed by atoms with Gasteiger partial charge in [0.25, 0.3) is 6.01 Å². The van der Waals surface area contributed by atoms with Crippen LogP contribution in [0.2, 0.25) is 0 Å². The molecule has 1 aromatic carbocycles. The molecule has 1 fully saturated rings. The molecule has 1 aromatic heterocycles. The predicted octanol–water partition coefficient (Wildman–Crippen LogP) is 1.76. The Balaban J connectivity index is 1.97. The lowest BCUT2D eigenvalue weighted by atomic mass is 10.0. The summed E-state index contributed by atoms with van der Waals surface area (Å²) in [6.45, 7) is 1.02. The van der Waals surface area contributed by atoms with Crippen molar-refractivity contribution in [3.05, 3.63) is 18.2 Å². The summed E-state index contributed by atoms with van der Waals surface area (Å²) in [7, 11) is 0. The summed E-state index contributed by atoms with van der Waals surface area (Å²) in [4.78, 5) is 6.52. The predicted molar refractivity (Wildman–Crippen MR) is 70.5 cm³/mol. The lowest BCUT2D eigenvalue weighted by Crippen LogP contribution is -2.42. The van der Waals surface area contributed by atoms with Gasteiger partial charge in [-0.2, -0.15) is 4.98 Å². The molecule has 0 spiro atoms. The second-order valence-corrected chi connectivity index (χ2v) is 4.75. The lowest BCUT2D eigenvalue weighted by molar-refractivity contribution is 0.235. The van der Waals surface area contributed by atoms with Crippen LogP contribution >= 0.6 is 0 Å². The number of hydrogen-bond acceptors (Lipinski definition) is 5. The SMILES string of the molecule is Nc1ccc2nc(N3CCCCC3CO)oc2c1. The van der Waals surface area contributed by atoms with Crippen molar-refractivity contribution < 1.29 is 9.52 Å². The van der Waals surface area contributed by atoms with E-state index in [2.05, 4.69) is 9.88 Å². The summed E-state index contributed by atoms with van der Waals surface area (Å²) in [6, 6.07) is 6.16. The third-order valence-electron chi connectivity index (χ3n) is 3.48. The van der Waals surface area contributed by atoms with Gasteiger partial charge in [-0.1, -0.05) is 0 Å². The van der Waals surface area contributed by atoms with Crippen LogP contribution in [0.1, 0.15) is 19.3 Å². The maximum atomic E-state index is 9.41. The number of benzene rings is 1. The molecule has 96 valence electrons. The highest BCUT2D eigenvalue weighted by Gasteiger charge is 2.25. The van der Waals surface area contributed by atoms with E-state index in [0.29, 0.717) is 17.3 Å². The third kappa shape index (κ3) is 1.90. The Bertz CT molecular complexity index is 552. The Hall–Kier alpha value is -1.75. The number of nitrogen functional groups attached to an aromatic ring is 1. The zero-order valence-corrected chi connectivity index (χ0v) is 10.2. The average Bonchev–Trinajstić information content (AvgIpc) is 2.81. The molecular formula is C13H17N3O2. The second-order valence-electron chi connectivity index (χ2n) is 4.75. The smallest absolute Gasteiger partial charge is 0.298 e. The Morgan fingerprint density at radius 2 is 2.33 bits per heavy atom. The number of rotatable bonds is 2. The molecule has 0 saturated carbocycles. The van der Waals surface area contributed by atoms with E-state index in [0.717, 1.165) is 31.3 Å². The largest absolute Gasteiger partial charge is 0.423 e. The molecule has 1 atom stereocenters. The van der Waals surface area contributed by atoms with Crippen LogP contribution in [-0.4, -0.2) is 29.3 Å². The van der Waals surface area contributed by atoms with Crippen molar-refractivity contribution in [1.82, 2.24) is 4.98 Å². The second kappa shape index (κ2) is 4.49. The van der Waals surface area contributed by atoms with Crippen LogP contribution in [0.15, 0.2) is 22.6 Å². The minimum Gasteiger partial charge on any atom is -0.423 e. The van der Waals surface area contributed by atoms with Crippen LogP contribution < -0.4 is 10.6 Å². The fourth-order valence-electron chi connectivity index (χ4n) is 2.49. The highest BCUT2D eigenvalue weighted by molar-refractivity contribution is 5.78. The Morgan fingerprint density at radius 3 is 3.17 bits per heavy atom. The molecule has 0 aliphatic carbocycles. The summed E-state index contributed by atoms with van der Waals surface area (Å²) in [5, 5.41) is 9.41. The first-order valence-corrected chi connectivity index (χ1v) is 6.31. The van der Waals surface area contributed by atoms with Gasteiger partial charge in [0.2, 0.25) is 0 Å². The first-order valence-electron chi connectivity index (χ1n) is 6.31. The number of piperidine rings is 1. The molecule has 18 heavy (non-hydrogen) atoms. The van der Waals surface area contributed by atoms with Crippen LogP contribution in [0.5, 0.6) is 0 Å². The molecule has 2 aromatic rings. The zero-order chi connectivity index (χ0) is 12.5. The molecule has 1 saturated heterocycles. The van der Waals surface area contributed by atoms with Crippen LogP contribution in [0.4, 0.5) is 11.7 Å². The van der Waals surface area contributed by atoms with Crippen LogP contribution in [0.3, 0.4) is 0 Å². The first-order chi connectivity index (χ1) is 8.78. The minimum atomic E-state index is 0.115. The van der Waals surface area contributed by atoms with Crippen LogP contribution in [0.25, 0.3) is 11.1 Å². The Morgan fingerprint density at radius 1 is 1.44 bits per heavy atom. The number of nitrogens with zero attached hydrogens (tertiary/aromatic N) is 2. The summed E-state index contributed by atoms with van der Waals surface area (Å²) in [5.41, 5.74) is 7.90. The molecule has 3 N–H and O–H groups in total. The number of fused-ring (bicyclic) bond motifs is 1. The van der Waals surface area contributed by atoms with E-state index in [4.69, 9.17) is 10.2 Å². The fourth-order valence-corrected chi connectivity index (χ4v) is 2.49. The van der Waals surface area contributed by atoms with Gasteiger partial charge in [0.05, 0.1) is 12.6 Å². The molecule has 0 amide bonds. The van der Waals surface area contributed by atoms with E-state index in [-0.39, 0.29) is 12.6 Å². The topological polar surface area (TPSA) is 75.5 Å². The molecule has 0 radical (unpaired) electrons. The summed E-state index contributed by atoms with van der Waals surface area (Å²) in [6.07, 6.45) is 3.24. The number of hydrogen-bond donors (Lipinski definition) is 2. The van der Waals surface area contributed by atoms with Gasteiger partial charge < -0.3 is 20.2 Å². The van der Waals surface area contributed by atoms with Crippen molar-refractivity contribution in [1.29, 1.82) is 0 Å². The molecule has 1 aliphatic heterocycles. The van der Waals surface area contributed by atoms with Crippen molar-refractivity contribution in [3.8, 4) is 0 Å². The van der Waals surface area contributed by atoms with E-state index in [9.17, 15) is 5.11 Å². The molecule has 1 aliphatic rings. The zero-order valence-electron chi connectivity index (χ0n) is 10.2. The normalized spacial score (nSPS) is 20.5. The van der Waals surface area contributed by atoms with Gasteiger partial charge in [-0.3, -0.25) is 0 Å². The molecule has 1 unspecified atom stereocenters. The summed E-state index contributed by atoms with van der Waals surface area (Å²) < 4.78 is 5.74. The summed E-state index contributed by atoms with van der Waals surface area (Å²) >= 11 is 0. The number of aliphatic hydroxyl groups is 1. The van der Waals surface area contributed by atoms with Crippen molar-refractivity contribution in [2.75, 3.05) is 23.8 Å². The van der Waals surface area contributed by atoms with Crippen LogP contribution in [-0.2, 0) is 0 Å². The first kappa shape index (κ1) is 11.3. The molecule has 5 heteroatoms. The number of aliphatic hydroxyl groups excluding tert-OH is 1. The molecule has 2 heterocycles. The molecule has 5 nitrogen and oxygen atoms in total. The van der Waals surface area contributed by atoms with E-state index in [1.165, 1.54) is 0 Å². The number of anilines is 2. The van der Waals surface area contributed by atoms with E-state index in [1.807, 2.05) is 12.1 Å². The fraction of sp³-hybridized carbons (Fsp3) is 0.462. The van der Waals surface area contributed by atoms with Crippen molar-refractivity contribution in [2.45, 2.75) is 25.3 Å². The highest BCUT2D eigenvalue weighted by Crippen LogP contribution is 2.28. The molecular weight excluding hydrogens is 230 g/mol. The number of aromatic nitrogens is 1. The van der Waals surface area contributed by atoms with Gasteiger partial charge in [-0.15, -0.1) is 0 Å². The Labute approximate surface area is 105 Å². The maximum Gasteiger partial charge on any atom is 0.298 e. The number of oxazole rings is 1. The van der Waals surface area contributed by atoms with Gasteiger partial charge in [0.1, 0.15) is 5.52 Å². The van der Waals surface area contributed by atoms with Crippen LogP contribution in [0, 0.1) is 0 Å². The van der Waals surface area contributed by atoms with Crippen molar-refractivity contribution >= 4 is 22.8 Å². The average molecular weight is 247 g/mol. The van der Waals surface area contributed by atoms with Crippen molar-refractivity contribution in [2.24, 2.45) is 0 Å². The quantitative estimate of drug-likeness (QED) is 0.791. The maximum absolute atomic E-state index is 9.41. The van der Waals surface area contributed by atoms with Gasteiger partial charge in [0, 0.05) is 18.3 Å². The van der Waals surface area contributed by atoms with Gasteiger partial charge >= 0.3 is 0 Å². The van der Waals surface area contributed by atoms with Gasteiger partial charge in [-0.05, 0) is 31.4 Å². The van der Waals surface area contributed by atoms with Gasteiger partial charge in [-0.25, -0.2) is 0 Å². The highest BCUT2D eigenvalue weighted by atomic mass is 16.4. The van der Waals surface area contributed by atoms with E-state index >= 15 is 0 Å².